The third-order valence-electron chi connectivity index (χ3n) is 2.61. The average Bonchev–Trinajstić information content (AvgIpc) is 2.36. The third kappa shape index (κ3) is 3.61. The molecule has 1 amide bonds. The van der Waals surface area contributed by atoms with Crippen molar-refractivity contribution in [2.75, 3.05) is 20.2 Å². The molecule has 0 atom stereocenters. The molecule has 3 heteroatoms. The number of rotatable bonds is 3. The van der Waals surface area contributed by atoms with Crippen LogP contribution >= 0.6 is 0 Å². The van der Waals surface area contributed by atoms with Crippen LogP contribution in [-0.4, -0.2) is 36.1 Å². The number of aliphatic hydroxyl groups excluding tert-OH is 1. The maximum Gasteiger partial charge on any atom is 0.254 e. The number of hydrogen-bond donors (Lipinski definition) is 1. The first-order chi connectivity index (χ1) is 8.60. The number of aryl methyl sites for hydroxylation is 1. The SMILES string of the molecule is CCCN(C)C(=O)c1cc(C)ccc1C#CCO. The largest absolute Gasteiger partial charge is 0.384 e. The maximum atomic E-state index is 12.3. The van der Waals surface area contributed by atoms with Crippen molar-refractivity contribution in [3.63, 3.8) is 0 Å². The predicted octanol–water partition coefficient (Wildman–Crippen LogP) is 1.82. The average molecular weight is 245 g/mol. The van der Waals surface area contributed by atoms with Crippen LogP contribution < -0.4 is 0 Å². The fraction of sp³-hybridized carbons (Fsp3) is 0.400. The molecular formula is C15H19NO2. The number of hydrogen-bond acceptors (Lipinski definition) is 2. The number of aliphatic hydroxyl groups is 1. The van der Waals surface area contributed by atoms with Crippen molar-refractivity contribution >= 4 is 5.91 Å². The molecule has 0 saturated heterocycles. The van der Waals surface area contributed by atoms with Gasteiger partial charge in [-0.1, -0.05) is 30.4 Å². The number of amides is 1. The molecular weight excluding hydrogens is 226 g/mol. The highest BCUT2D eigenvalue weighted by Gasteiger charge is 2.14. The van der Waals surface area contributed by atoms with Crippen molar-refractivity contribution in [3.8, 4) is 11.8 Å². The van der Waals surface area contributed by atoms with Crippen molar-refractivity contribution in [2.24, 2.45) is 0 Å². The molecule has 0 aromatic heterocycles. The van der Waals surface area contributed by atoms with Crippen LogP contribution in [0.2, 0.25) is 0 Å². The first-order valence-corrected chi connectivity index (χ1v) is 6.06. The van der Waals surface area contributed by atoms with Gasteiger partial charge in [-0.2, -0.15) is 0 Å². The van der Waals surface area contributed by atoms with E-state index in [-0.39, 0.29) is 12.5 Å². The van der Waals surface area contributed by atoms with Gasteiger partial charge in [0.2, 0.25) is 0 Å². The second kappa shape index (κ2) is 6.83. The number of carbonyl (C=O) groups is 1. The Balaban J connectivity index is 3.12. The zero-order valence-corrected chi connectivity index (χ0v) is 11.2. The Bertz CT molecular complexity index is 483. The van der Waals surface area contributed by atoms with Gasteiger partial charge in [0.1, 0.15) is 6.61 Å². The summed E-state index contributed by atoms with van der Waals surface area (Å²) in [4.78, 5) is 14.0. The van der Waals surface area contributed by atoms with Crippen molar-refractivity contribution in [1.29, 1.82) is 0 Å². The molecule has 0 radical (unpaired) electrons. The van der Waals surface area contributed by atoms with Gasteiger partial charge < -0.3 is 10.0 Å². The summed E-state index contributed by atoms with van der Waals surface area (Å²) >= 11 is 0. The van der Waals surface area contributed by atoms with Gasteiger partial charge in [-0.25, -0.2) is 0 Å². The lowest BCUT2D eigenvalue weighted by atomic mass is 10.0. The molecule has 1 rings (SSSR count). The summed E-state index contributed by atoms with van der Waals surface area (Å²) in [5.74, 6) is 5.38. The van der Waals surface area contributed by atoms with E-state index in [1.807, 2.05) is 32.0 Å². The lowest BCUT2D eigenvalue weighted by molar-refractivity contribution is 0.0795. The molecule has 96 valence electrons. The van der Waals surface area contributed by atoms with Crippen LogP contribution in [0.5, 0.6) is 0 Å². The molecule has 1 aromatic carbocycles. The minimum Gasteiger partial charge on any atom is -0.384 e. The van der Waals surface area contributed by atoms with Gasteiger partial charge >= 0.3 is 0 Å². The quantitative estimate of drug-likeness (QED) is 0.825. The Kier molecular flexibility index (Phi) is 5.41. The molecule has 3 nitrogen and oxygen atoms in total. The molecule has 1 N–H and O–H groups in total. The Morgan fingerprint density at radius 1 is 1.44 bits per heavy atom. The summed E-state index contributed by atoms with van der Waals surface area (Å²) < 4.78 is 0. The number of carbonyl (C=O) groups excluding carboxylic acids is 1. The molecule has 0 saturated carbocycles. The highest BCUT2D eigenvalue weighted by Crippen LogP contribution is 2.13. The number of benzene rings is 1. The summed E-state index contributed by atoms with van der Waals surface area (Å²) in [5, 5.41) is 8.74. The van der Waals surface area contributed by atoms with E-state index >= 15 is 0 Å². The van der Waals surface area contributed by atoms with Crippen molar-refractivity contribution in [3.05, 3.63) is 34.9 Å². The molecule has 0 aliphatic heterocycles. The lowest BCUT2D eigenvalue weighted by Gasteiger charge is -2.17. The Labute approximate surface area is 108 Å². The first kappa shape index (κ1) is 14.3. The summed E-state index contributed by atoms with van der Waals surface area (Å²) in [7, 11) is 1.79. The van der Waals surface area contributed by atoms with Gasteiger partial charge in [-0.3, -0.25) is 4.79 Å². The fourth-order valence-electron chi connectivity index (χ4n) is 1.72. The van der Waals surface area contributed by atoms with E-state index in [0.29, 0.717) is 11.1 Å². The minimum atomic E-state index is -0.202. The summed E-state index contributed by atoms with van der Waals surface area (Å²) in [5.41, 5.74) is 2.30. The van der Waals surface area contributed by atoms with E-state index in [0.717, 1.165) is 18.5 Å². The molecule has 0 heterocycles. The molecule has 0 aliphatic carbocycles. The van der Waals surface area contributed by atoms with Crippen LogP contribution in [-0.2, 0) is 0 Å². The Hall–Kier alpha value is -1.79. The van der Waals surface area contributed by atoms with Gasteiger partial charge in [0.05, 0.1) is 5.56 Å². The molecule has 0 aliphatic rings. The summed E-state index contributed by atoms with van der Waals surface area (Å²) in [6.07, 6.45) is 0.922. The van der Waals surface area contributed by atoms with E-state index < -0.39 is 0 Å². The van der Waals surface area contributed by atoms with Gasteiger partial charge in [-0.15, -0.1) is 0 Å². The van der Waals surface area contributed by atoms with E-state index in [9.17, 15) is 4.79 Å². The second-order valence-corrected chi connectivity index (χ2v) is 4.24. The van der Waals surface area contributed by atoms with Crippen LogP contribution in [0.4, 0.5) is 0 Å². The van der Waals surface area contributed by atoms with Crippen molar-refractivity contribution < 1.29 is 9.90 Å². The van der Waals surface area contributed by atoms with Gasteiger partial charge in [0.25, 0.3) is 5.91 Å². The van der Waals surface area contributed by atoms with E-state index in [4.69, 9.17) is 5.11 Å². The van der Waals surface area contributed by atoms with Gasteiger partial charge in [-0.05, 0) is 25.5 Å². The number of nitrogens with zero attached hydrogens (tertiary/aromatic N) is 1. The molecule has 0 fully saturated rings. The molecule has 0 unspecified atom stereocenters. The molecule has 0 spiro atoms. The predicted molar refractivity (Wildman–Crippen MR) is 72.4 cm³/mol. The van der Waals surface area contributed by atoms with Crippen LogP contribution in [0.25, 0.3) is 0 Å². The monoisotopic (exact) mass is 245 g/mol. The Morgan fingerprint density at radius 2 is 2.17 bits per heavy atom. The van der Waals surface area contributed by atoms with Crippen LogP contribution in [0.3, 0.4) is 0 Å². The van der Waals surface area contributed by atoms with Crippen LogP contribution in [0.1, 0.15) is 34.8 Å². The standard InChI is InChI=1S/C15H19NO2/c1-4-9-16(3)15(18)14-11-12(2)7-8-13(14)6-5-10-17/h7-8,11,17H,4,9-10H2,1-3H3. The topological polar surface area (TPSA) is 40.5 Å². The minimum absolute atomic E-state index is 0.0252. The zero-order valence-electron chi connectivity index (χ0n) is 11.2. The van der Waals surface area contributed by atoms with E-state index in [2.05, 4.69) is 11.8 Å². The highest BCUT2D eigenvalue weighted by atomic mass is 16.2. The zero-order chi connectivity index (χ0) is 13.5. The van der Waals surface area contributed by atoms with E-state index in [1.54, 1.807) is 11.9 Å². The van der Waals surface area contributed by atoms with Gasteiger partial charge in [0, 0.05) is 19.2 Å². The smallest absolute Gasteiger partial charge is 0.254 e. The van der Waals surface area contributed by atoms with Crippen LogP contribution in [0, 0.1) is 18.8 Å². The van der Waals surface area contributed by atoms with Crippen molar-refractivity contribution in [1.82, 2.24) is 4.90 Å². The summed E-state index contributed by atoms with van der Waals surface area (Å²) in [6.45, 7) is 4.50. The fourth-order valence-corrected chi connectivity index (χ4v) is 1.72. The molecule has 1 aromatic rings. The van der Waals surface area contributed by atoms with Crippen molar-refractivity contribution in [2.45, 2.75) is 20.3 Å². The molecule has 0 bridgehead atoms. The molecule has 18 heavy (non-hydrogen) atoms. The second-order valence-electron chi connectivity index (χ2n) is 4.24. The van der Waals surface area contributed by atoms with Gasteiger partial charge in [0.15, 0.2) is 0 Å². The van der Waals surface area contributed by atoms with Crippen LogP contribution in [0.15, 0.2) is 18.2 Å². The Morgan fingerprint density at radius 3 is 2.78 bits per heavy atom. The maximum absolute atomic E-state index is 12.3. The lowest BCUT2D eigenvalue weighted by Crippen LogP contribution is -2.28. The summed E-state index contributed by atoms with van der Waals surface area (Å²) in [6, 6.07) is 5.58. The van der Waals surface area contributed by atoms with E-state index in [1.165, 1.54) is 0 Å². The first-order valence-electron chi connectivity index (χ1n) is 6.06. The normalized spacial score (nSPS) is 9.56. The highest BCUT2D eigenvalue weighted by molar-refractivity contribution is 5.96. The third-order valence-corrected chi connectivity index (χ3v) is 2.61.